The first-order valence-corrected chi connectivity index (χ1v) is 23.2. The van der Waals surface area contributed by atoms with Gasteiger partial charge in [0.2, 0.25) is 0 Å². The van der Waals surface area contributed by atoms with E-state index in [2.05, 4.69) is 82.9 Å². The molecule has 0 bridgehead atoms. The Bertz CT molecular complexity index is 3360. The Morgan fingerprint density at radius 3 is 1.51 bits per heavy atom. The number of benzene rings is 8. The van der Waals surface area contributed by atoms with Gasteiger partial charge in [-0.2, -0.15) is 0 Å². The lowest BCUT2D eigenvalue weighted by molar-refractivity contribution is -0.139. The first kappa shape index (κ1) is 46.8. The molecule has 9 nitrogen and oxygen atoms in total. The van der Waals surface area contributed by atoms with Crippen molar-refractivity contribution in [3.63, 3.8) is 0 Å². The summed E-state index contributed by atoms with van der Waals surface area (Å²) in [7, 11) is 0. The van der Waals surface area contributed by atoms with Crippen LogP contribution in [0.15, 0.2) is 231 Å². The third-order valence-corrected chi connectivity index (χ3v) is 11.6. The molecule has 0 aliphatic heterocycles. The molecule has 0 fully saturated rings. The van der Waals surface area contributed by atoms with Crippen LogP contribution in [-0.4, -0.2) is 49.6 Å². The number of aliphatic carboxylic acids is 1. The molecular weight excluding hydrogens is 881 g/mol. The third kappa shape index (κ3) is 11.0. The number of nitrogens with zero attached hydrogens (tertiary/aromatic N) is 3. The summed E-state index contributed by atoms with van der Waals surface area (Å²) in [6, 6.07) is 72.5. The monoisotopic (exact) mass is 930 g/mol. The standard InChI is InChI=1S/C32H26N2O3.C30H24N2O2/c1-2-20-34-31(24-14-7-4-8-15-24)30(23-12-5-3-6-13-23)33-32(34)28-19-10-9-18-27(28)25-16-11-17-26(21-25)37-22-29(35)36;1-21(33)20-34-25-16-10-15-24(19-25)26-17-8-9-18-27(26)30-31-28(22-11-4-2-5-12-22)29(32-30)23-13-6-3-7-14-23/h2-19,21H,1,20,22H2,(H,35,36);2-19H,20H2,1H3,(H,31,32). The number of carbonyl (C=O) groups excluding carboxylic acids is 1. The van der Waals surface area contributed by atoms with E-state index >= 15 is 0 Å². The number of nitrogens with one attached hydrogen (secondary N) is 1. The topological polar surface area (TPSA) is 119 Å². The van der Waals surface area contributed by atoms with Gasteiger partial charge >= 0.3 is 5.97 Å². The molecule has 0 radical (unpaired) electrons. The fraction of sp³-hybridized carbons (Fsp3) is 0.0645. The molecule has 348 valence electrons. The number of rotatable bonds is 16. The SMILES string of the molecule is C=CCn1c(-c2ccccc2-c2cccc(OCC(=O)O)c2)nc(-c2ccccc2)c1-c1ccccc1.CC(=O)COc1cccc(-c2ccccc2-c2nc(-c3ccccc3)c(-c3ccccc3)[nH]2)c1. The minimum atomic E-state index is -1.01. The van der Waals surface area contributed by atoms with Crippen molar-refractivity contribution in [2.24, 2.45) is 0 Å². The lowest BCUT2D eigenvalue weighted by Gasteiger charge is -2.14. The second-order valence-corrected chi connectivity index (χ2v) is 16.6. The van der Waals surface area contributed by atoms with Crippen LogP contribution in [0.25, 0.3) is 90.1 Å². The van der Waals surface area contributed by atoms with E-state index in [1.165, 1.54) is 6.92 Å². The molecule has 0 amide bonds. The Balaban J connectivity index is 0.000000176. The van der Waals surface area contributed by atoms with Gasteiger partial charge in [0, 0.05) is 39.9 Å². The van der Waals surface area contributed by atoms with Crippen LogP contribution in [0.3, 0.4) is 0 Å². The Labute approximate surface area is 413 Å². The lowest BCUT2D eigenvalue weighted by Crippen LogP contribution is -2.09. The van der Waals surface area contributed by atoms with Gasteiger partial charge in [-0.25, -0.2) is 14.8 Å². The second-order valence-electron chi connectivity index (χ2n) is 16.6. The largest absolute Gasteiger partial charge is 0.486 e. The molecule has 0 aliphatic rings. The number of hydrogen-bond donors (Lipinski definition) is 2. The highest BCUT2D eigenvalue weighted by Gasteiger charge is 2.23. The van der Waals surface area contributed by atoms with Crippen LogP contribution >= 0.6 is 0 Å². The van der Waals surface area contributed by atoms with Crippen LogP contribution in [-0.2, 0) is 16.1 Å². The summed E-state index contributed by atoms with van der Waals surface area (Å²) < 4.78 is 13.3. The summed E-state index contributed by atoms with van der Waals surface area (Å²) >= 11 is 0. The Hall–Kier alpha value is -9.34. The zero-order chi connectivity index (χ0) is 48.9. The van der Waals surface area contributed by atoms with Gasteiger partial charge in [0.1, 0.15) is 29.8 Å². The Kier molecular flexibility index (Phi) is 14.6. The minimum Gasteiger partial charge on any atom is -0.486 e. The smallest absolute Gasteiger partial charge is 0.341 e. The number of carboxylic acid groups (broad SMARTS) is 1. The molecule has 0 aliphatic carbocycles. The minimum absolute atomic E-state index is 0.0109. The molecule has 0 saturated heterocycles. The van der Waals surface area contributed by atoms with E-state index < -0.39 is 12.6 Å². The molecule has 0 saturated carbocycles. The average molecular weight is 931 g/mol. The second kappa shape index (κ2) is 22.2. The first-order valence-electron chi connectivity index (χ1n) is 23.2. The van der Waals surface area contributed by atoms with Gasteiger partial charge in [-0.1, -0.05) is 200 Å². The molecule has 0 atom stereocenters. The fourth-order valence-corrected chi connectivity index (χ4v) is 8.48. The zero-order valence-electron chi connectivity index (χ0n) is 39.1. The summed E-state index contributed by atoms with van der Waals surface area (Å²) in [5.41, 5.74) is 13.9. The van der Waals surface area contributed by atoms with E-state index in [1.54, 1.807) is 6.07 Å². The number of hydrogen-bond acceptors (Lipinski definition) is 6. The maximum absolute atomic E-state index is 11.3. The molecule has 0 unspecified atom stereocenters. The van der Waals surface area contributed by atoms with E-state index in [-0.39, 0.29) is 12.4 Å². The van der Waals surface area contributed by atoms with Crippen molar-refractivity contribution in [1.29, 1.82) is 0 Å². The van der Waals surface area contributed by atoms with Gasteiger partial charge in [0.15, 0.2) is 12.4 Å². The predicted octanol–water partition coefficient (Wildman–Crippen LogP) is 14.2. The first-order chi connectivity index (χ1) is 34.8. The maximum atomic E-state index is 11.3. The summed E-state index contributed by atoms with van der Waals surface area (Å²) in [6.07, 6.45) is 1.88. The predicted molar refractivity (Wildman–Crippen MR) is 284 cm³/mol. The summed E-state index contributed by atoms with van der Waals surface area (Å²) in [5.74, 6) is 1.76. The lowest BCUT2D eigenvalue weighted by atomic mass is 9.99. The van der Waals surface area contributed by atoms with Crippen LogP contribution in [0.4, 0.5) is 0 Å². The van der Waals surface area contributed by atoms with Crippen LogP contribution in [0.1, 0.15) is 6.92 Å². The molecule has 10 aromatic rings. The molecule has 2 heterocycles. The highest BCUT2D eigenvalue weighted by molar-refractivity contribution is 5.88. The van der Waals surface area contributed by atoms with Gasteiger partial charge in [-0.05, 0) is 53.4 Å². The molecule has 2 aromatic heterocycles. The number of aromatic amines is 1. The third-order valence-electron chi connectivity index (χ3n) is 11.6. The zero-order valence-corrected chi connectivity index (χ0v) is 39.1. The Morgan fingerprint density at radius 2 is 0.972 bits per heavy atom. The van der Waals surface area contributed by atoms with Gasteiger partial charge in [0.05, 0.1) is 22.8 Å². The summed E-state index contributed by atoms with van der Waals surface area (Å²) in [5, 5.41) is 9.01. The highest BCUT2D eigenvalue weighted by atomic mass is 16.5. The molecule has 71 heavy (non-hydrogen) atoms. The van der Waals surface area contributed by atoms with Gasteiger partial charge < -0.3 is 24.1 Å². The van der Waals surface area contributed by atoms with Crippen molar-refractivity contribution in [2.45, 2.75) is 13.5 Å². The number of H-pyrrole nitrogens is 1. The molecule has 9 heteroatoms. The average Bonchev–Trinajstić information content (AvgIpc) is 4.04. The molecule has 0 spiro atoms. The van der Waals surface area contributed by atoms with Gasteiger partial charge in [-0.15, -0.1) is 6.58 Å². The molecular formula is C62H50N4O5. The summed E-state index contributed by atoms with van der Waals surface area (Å²) in [4.78, 5) is 36.2. The molecule has 8 aromatic carbocycles. The quantitative estimate of drug-likeness (QED) is 0.0926. The van der Waals surface area contributed by atoms with Crippen molar-refractivity contribution >= 4 is 11.8 Å². The van der Waals surface area contributed by atoms with Crippen LogP contribution in [0, 0.1) is 0 Å². The number of imidazole rings is 2. The van der Waals surface area contributed by atoms with E-state index in [0.717, 1.165) is 90.1 Å². The van der Waals surface area contributed by atoms with Crippen molar-refractivity contribution in [2.75, 3.05) is 13.2 Å². The van der Waals surface area contributed by atoms with Crippen molar-refractivity contribution in [3.05, 3.63) is 231 Å². The van der Waals surface area contributed by atoms with Gasteiger partial charge in [0.25, 0.3) is 0 Å². The normalized spacial score (nSPS) is 10.7. The van der Waals surface area contributed by atoms with Crippen molar-refractivity contribution in [1.82, 2.24) is 19.5 Å². The molecule has 2 N–H and O–H groups in total. The van der Waals surface area contributed by atoms with E-state index in [0.29, 0.717) is 18.0 Å². The Morgan fingerprint density at radius 1 is 0.521 bits per heavy atom. The summed E-state index contributed by atoms with van der Waals surface area (Å²) in [6.45, 7) is 5.79. The number of carbonyl (C=O) groups is 2. The van der Waals surface area contributed by atoms with Crippen LogP contribution in [0.5, 0.6) is 11.5 Å². The number of Topliss-reactive ketones (excluding diaryl/α,β-unsaturated/α-hetero) is 1. The van der Waals surface area contributed by atoms with Gasteiger partial charge in [-0.3, -0.25) is 4.79 Å². The number of ketones is 1. The number of aromatic nitrogens is 4. The van der Waals surface area contributed by atoms with E-state index in [1.807, 2.05) is 152 Å². The van der Waals surface area contributed by atoms with Crippen molar-refractivity contribution in [3.8, 4) is 102 Å². The number of allylic oxidation sites excluding steroid dienone is 1. The van der Waals surface area contributed by atoms with E-state index in [9.17, 15) is 9.59 Å². The molecule has 10 rings (SSSR count). The van der Waals surface area contributed by atoms with Crippen molar-refractivity contribution < 1.29 is 24.2 Å². The van der Waals surface area contributed by atoms with E-state index in [4.69, 9.17) is 24.5 Å². The van der Waals surface area contributed by atoms with Crippen LogP contribution in [0.2, 0.25) is 0 Å². The number of carboxylic acids is 1. The highest BCUT2D eigenvalue weighted by Crippen LogP contribution is 2.41. The van der Waals surface area contributed by atoms with Crippen LogP contribution < -0.4 is 9.47 Å². The maximum Gasteiger partial charge on any atom is 0.341 e. The number of ether oxygens (including phenoxy) is 2. The fourth-order valence-electron chi connectivity index (χ4n) is 8.48.